The molecular formula is C25H30F2N6O4. The molecule has 12 heteroatoms. The first-order chi connectivity index (χ1) is 17.6. The lowest BCUT2D eigenvalue weighted by atomic mass is 10.2. The van der Waals surface area contributed by atoms with Crippen LogP contribution in [0.4, 0.5) is 42.4 Å². The van der Waals surface area contributed by atoms with Crippen LogP contribution in [0.25, 0.3) is 0 Å². The molecule has 0 radical (unpaired) electrons. The zero-order valence-electron chi connectivity index (χ0n) is 20.8. The van der Waals surface area contributed by atoms with Crippen LogP contribution in [-0.4, -0.2) is 48.0 Å². The van der Waals surface area contributed by atoms with Crippen LogP contribution in [0, 0.1) is 11.6 Å². The summed E-state index contributed by atoms with van der Waals surface area (Å²) < 4.78 is 44.5. The number of nitrogens with two attached hydrogens (primary N) is 1. The van der Waals surface area contributed by atoms with Gasteiger partial charge >= 0.3 is 6.09 Å². The Labute approximate surface area is 213 Å². The van der Waals surface area contributed by atoms with Gasteiger partial charge in [-0.15, -0.1) is 0 Å². The summed E-state index contributed by atoms with van der Waals surface area (Å²) in [5, 5.41) is 8.24. The SMILES string of the molecule is CC(C)(C)OC(=O)NCCOCCOc1ccc(Nc2ncc(F)c(Nc3cccc(N)c3)n2)cc1F. The monoisotopic (exact) mass is 516 g/mol. The number of rotatable bonds is 11. The maximum atomic E-state index is 14.5. The summed E-state index contributed by atoms with van der Waals surface area (Å²) in [6.07, 6.45) is 0.476. The fourth-order valence-electron chi connectivity index (χ4n) is 2.94. The number of halogens is 2. The molecule has 1 amide bonds. The molecule has 1 aromatic heterocycles. The van der Waals surface area contributed by atoms with Crippen molar-refractivity contribution in [1.29, 1.82) is 0 Å². The van der Waals surface area contributed by atoms with Crippen molar-refractivity contribution >= 4 is 34.9 Å². The Balaban J connectivity index is 1.45. The van der Waals surface area contributed by atoms with Crippen molar-refractivity contribution in [2.24, 2.45) is 0 Å². The highest BCUT2D eigenvalue weighted by molar-refractivity contribution is 5.67. The van der Waals surface area contributed by atoms with Gasteiger partial charge in [0.15, 0.2) is 23.2 Å². The molecule has 10 nitrogen and oxygen atoms in total. The number of nitrogens with one attached hydrogen (secondary N) is 3. The van der Waals surface area contributed by atoms with Crippen molar-refractivity contribution in [3.8, 4) is 5.75 Å². The van der Waals surface area contributed by atoms with E-state index in [2.05, 4.69) is 25.9 Å². The topological polar surface area (TPSA) is 133 Å². The maximum absolute atomic E-state index is 14.5. The number of hydrogen-bond acceptors (Lipinski definition) is 9. The number of nitrogens with zero attached hydrogens (tertiary/aromatic N) is 2. The Bertz CT molecular complexity index is 1210. The molecule has 2 aromatic carbocycles. The second kappa shape index (κ2) is 12.7. The minimum Gasteiger partial charge on any atom is -0.488 e. The van der Waals surface area contributed by atoms with Gasteiger partial charge in [-0.05, 0) is 51.1 Å². The summed E-state index contributed by atoms with van der Waals surface area (Å²) >= 11 is 0. The summed E-state index contributed by atoms with van der Waals surface area (Å²) in [6.45, 7) is 6.15. The van der Waals surface area contributed by atoms with Gasteiger partial charge < -0.3 is 35.9 Å². The number of amides is 1. The first-order valence-electron chi connectivity index (χ1n) is 11.5. The number of hydrogen-bond donors (Lipinski definition) is 4. The van der Waals surface area contributed by atoms with Crippen LogP contribution in [0.1, 0.15) is 20.8 Å². The number of carbonyl (C=O) groups excluding carboxylic acids is 1. The molecule has 0 bridgehead atoms. The molecule has 0 aliphatic rings. The smallest absolute Gasteiger partial charge is 0.407 e. The lowest BCUT2D eigenvalue weighted by Crippen LogP contribution is -2.34. The van der Waals surface area contributed by atoms with Crippen molar-refractivity contribution in [3.63, 3.8) is 0 Å². The zero-order valence-corrected chi connectivity index (χ0v) is 20.8. The zero-order chi connectivity index (χ0) is 26.8. The second-order valence-corrected chi connectivity index (χ2v) is 8.80. The van der Waals surface area contributed by atoms with E-state index < -0.39 is 23.3 Å². The van der Waals surface area contributed by atoms with E-state index in [0.29, 0.717) is 17.1 Å². The molecule has 0 aliphatic carbocycles. The van der Waals surface area contributed by atoms with E-state index >= 15 is 0 Å². The number of ether oxygens (including phenoxy) is 3. The van der Waals surface area contributed by atoms with E-state index in [9.17, 15) is 13.6 Å². The first kappa shape index (κ1) is 27.4. The molecule has 37 heavy (non-hydrogen) atoms. The quantitative estimate of drug-likeness (QED) is 0.211. The largest absolute Gasteiger partial charge is 0.488 e. The Morgan fingerprint density at radius 3 is 2.51 bits per heavy atom. The van der Waals surface area contributed by atoms with Crippen LogP contribution < -0.4 is 26.4 Å². The van der Waals surface area contributed by atoms with E-state index in [-0.39, 0.29) is 43.9 Å². The minimum absolute atomic E-state index is 0.0325. The molecule has 0 fully saturated rings. The van der Waals surface area contributed by atoms with Crippen LogP contribution in [0.5, 0.6) is 5.75 Å². The van der Waals surface area contributed by atoms with Gasteiger partial charge in [-0.2, -0.15) is 4.98 Å². The predicted molar refractivity (Wildman–Crippen MR) is 136 cm³/mol. The molecule has 0 unspecified atom stereocenters. The highest BCUT2D eigenvalue weighted by Crippen LogP contribution is 2.25. The van der Waals surface area contributed by atoms with Crippen LogP contribution >= 0.6 is 0 Å². The third-order valence-electron chi connectivity index (χ3n) is 4.48. The molecule has 1 heterocycles. The molecular weight excluding hydrogens is 486 g/mol. The number of alkyl carbamates (subject to hydrolysis) is 1. The molecule has 5 N–H and O–H groups in total. The lowest BCUT2D eigenvalue weighted by molar-refractivity contribution is 0.0488. The number of nitrogen functional groups attached to an aromatic ring is 1. The van der Waals surface area contributed by atoms with Crippen molar-refractivity contribution in [2.75, 3.05) is 42.7 Å². The fourth-order valence-corrected chi connectivity index (χ4v) is 2.94. The van der Waals surface area contributed by atoms with Crippen LogP contribution in [-0.2, 0) is 9.47 Å². The molecule has 0 spiro atoms. The second-order valence-electron chi connectivity index (χ2n) is 8.80. The predicted octanol–water partition coefficient (Wildman–Crippen LogP) is 4.74. The molecule has 3 rings (SSSR count). The normalized spacial score (nSPS) is 11.1. The van der Waals surface area contributed by atoms with Crippen LogP contribution in [0.15, 0.2) is 48.7 Å². The van der Waals surface area contributed by atoms with Gasteiger partial charge in [0.05, 0.1) is 19.4 Å². The van der Waals surface area contributed by atoms with E-state index in [1.807, 2.05) is 0 Å². The molecule has 0 aliphatic heterocycles. The van der Waals surface area contributed by atoms with Gasteiger partial charge in [0.25, 0.3) is 0 Å². The van der Waals surface area contributed by atoms with Crippen molar-refractivity contribution in [1.82, 2.24) is 15.3 Å². The number of carbonyl (C=O) groups is 1. The maximum Gasteiger partial charge on any atom is 0.407 e. The van der Waals surface area contributed by atoms with E-state index in [1.54, 1.807) is 51.1 Å². The fraction of sp³-hybridized carbons (Fsp3) is 0.320. The molecule has 3 aromatic rings. The van der Waals surface area contributed by atoms with Crippen LogP contribution in [0.3, 0.4) is 0 Å². The number of aromatic nitrogens is 2. The average molecular weight is 517 g/mol. The average Bonchev–Trinajstić information content (AvgIpc) is 2.81. The summed E-state index contributed by atoms with van der Waals surface area (Å²) in [5.41, 5.74) is 6.58. The molecule has 0 atom stereocenters. The Morgan fingerprint density at radius 1 is 1.00 bits per heavy atom. The summed E-state index contributed by atoms with van der Waals surface area (Å²) in [4.78, 5) is 19.5. The third kappa shape index (κ3) is 9.41. The van der Waals surface area contributed by atoms with Crippen molar-refractivity contribution in [3.05, 3.63) is 60.3 Å². The van der Waals surface area contributed by atoms with Gasteiger partial charge in [-0.25, -0.2) is 18.6 Å². The van der Waals surface area contributed by atoms with Gasteiger partial charge in [0, 0.05) is 29.7 Å². The van der Waals surface area contributed by atoms with Crippen LogP contribution in [0.2, 0.25) is 0 Å². The highest BCUT2D eigenvalue weighted by Gasteiger charge is 2.15. The van der Waals surface area contributed by atoms with E-state index in [4.69, 9.17) is 19.9 Å². The van der Waals surface area contributed by atoms with E-state index in [1.165, 1.54) is 12.1 Å². The van der Waals surface area contributed by atoms with Gasteiger partial charge in [0.1, 0.15) is 12.2 Å². The van der Waals surface area contributed by atoms with Gasteiger partial charge in [-0.1, -0.05) is 6.07 Å². The Hall–Kier alpha value is -4.19. The summed E-state index contributed by atoms with van der Waals surface area (Å²) in [7, 11) is 0. The van der Waals surface area contributed by atoms with Crippen molar-refractivity contribution < 1.29 is 27.8 Å². The highest BCUT2D eigenvalue weighted by atomic mass is 19.1. The van der Waals surface area contributed by atoms with Crippen molar-refractivity contribution in [2.45, 2.75) is 26.4 Å². The molecule has 198 valence electrons. The molecule has 0 saturated heterocycles. The molecule has 0 saturated carbocycles. The van der Waals surface area contributed by atoms with Gasteiger partial charge in [0.2, 0.25) is 5.95 Å². The minimum atomic E-state index is -0.661. The van der Waals surface area contributed by atoms with Gasteiger partial charge in [-0.3, -0.25) is 0 Å². The number of benzene rings is 2. The number of anilines is 5. The summed E-state index contributed by atoms with van der Waals surface area (Å²) in [5.74, 6) is -1.24. The Kier molecular flexibility index (Phi) is 9.39. The lowest BCUT2D eigenvalue weighted by Gasteiger charge is -2.19. The summed E-state index contributed by atoms with van der Waals surface area (Å²) in [6, 6.07) is 11.0. The first-order valence-corrected chi connectivity index (χ1v) is 11.5. The third-order valence-corrected chi connectivity index (χ3v) is 4.48. The standard InChI is InChI=1S/C25H30F2N6O4/c1-25(2,3)37-24(34)29-9-10-35-11-12-36-21-8-7-18(14-19(21)26)32-23-30-15-20(27)22(33-23)31-17-6-4-5-16(28)13-17/h4-8,13-15H,9-12,28H2,1-3H3,(H,29,34)(H2,30,31,32,33). The van der Waals surface area contributed by atoms with E-state index in [0.717, 1.165) is 6.20 Å². The Morgan fingerprint density at radius 2 is 1.78 bits per heavy atom.